The van der Waals surface area contributed by atoms with E-state index in [9.17, 15) is 0 Å². The van der Waals surface area contributed by atoms with Gasteiger partial charge in [0.2, 0.25) is 0 Å². The van der Waals surface area contributed by atoms with Gasteiger partial charge in [-0.25, -0.2) is 0 Å². The zero-order valence-corrected chi connectivity index (χ0v) is 10.5. The fourth-order valence-electron chi connectivity index (χ4n) is 2.08. The highest BCUT2D eigenvalue weighted by Gasteiger charge is 2.12. The molecular formula is C14H19N3. The summed E-state index contributed by atoms with van der Waals surface area (Å²) < 4.78 is 0. The lowest BCUT2D eigenvalue weighted by atomic mass is 10.0. The van der Waals surface area contributed by atoms with Crippen LogP contribution in [-0.4, -0.2) is 17.2 Å². The molecule has 3 heteroatoms. The molecule has 1 heterocycles. The SMILES string of the molecule is CCCc1c(-c2ccccc2)n[nH]c1CNC. The van der Waals surface area contributed by atoms with E-state index < -0.39 is 0 Å². The van der Waals surface area contributed by atoms with Gasteiger partial charge in [0.25, 0.3) is 0 Å². The molecule has 2 rings (SSSR count). The van der Waals surface area contributed by atoms with E-state index in [1.54, 1.807) is 0 Å². The van der Waals surface area contributed by atoms with Crippen LogP contribution in [-0.2, 0) is 13.0 Å². The zero-order valence-electron chi connectivity index (χ0n) is 10.5. The van der Waals surface area contributed by atoms with Crippen molar-refractivity contribution in [2.24, 2.45) is 0 Å². The number of nitrogens with zero attached hydrogens (tertiary/aromatic N) is 1. The number of hydrogen-bond acceptors (Lipinski definition) is 2. The number of rotatable bonds is 5. The van der Waals surface area contributed by atoms with E-state index in [2.05, 4.69) is 46.7 Å². The summed E-state index contributed by atoms with van der Waals surface area (Å²) in [6, 6.07) is 10.4. The highest BCUT2D eigenvalue weighted by molar-refractivity contribution is 5.63. The van der Waals surface area contributed by atoms with Gasteiger partial charge in [-0.15, -0.1) is 0 Å². The fourth-order valence-corrected chi connectivity index (χ4v) is 2.08. The Balaban J connectivity index is 2.40. The highest BCUT2D eigenvalue weighted by Crippen LogP contribution is 2.24. The van der Waals surface area contributed by atoms with Crippen LogP contribution in [0.2, 0.25) is 0 Å². The molecule has 0 unspecified atom stereocenters. The average molecular weight is 229 g/mol. The van der Waals surface area contributed by atoms with Crippen molar-refractivity contribution in [3.8, 4) is 11.3 Å². The number of hydrogen-bond donors (Lipinski definition) is 2. The van der Waals surface area contributed by atoms with Crippen LogP contribution in [0.1, 0.15) is 24.6 Å². The van der Waals surface area contributed by atoms with Gasteiger partial charge in [-0.2, -0.15) is 5.10 Å². The van der Waals surface area contributed by atoms with Crippen molar-refractivity contribution in [2.45, 2.75) is 26.3 Å². The Morgan fingerprint density at radius 2 is 2.00 bits per heavy atom. The first-order valence-electron chi connectivity index (χ1n) is 6.13. The molecule has 0 atom stereocenters. The zero-order chi connectivity index (χ0) is 12.1. The van der Waals surface area contributed by atoms with Crippen molar-refractivity contribution < 1.29 is 0 Å². The van der Waals surface area contributed by atoms with E-state index in [0.717, 1.165) is 25.1 Å². The molecule has 0 bridgehead atoms. The van der Waals surface area contributed by atoms with Crippen LogP contribution in [0.5, 0.6) is 0 Å². The monoisotopic (exact) mass is 229 g/mol. The molecule has 2 N–H and O–H groups in total. The molecule has 2 aromatic rings. The van der Waals surface area contributed by atoms with Gasteiger partial charge < -0.3 is 5.32 Å². The first-order chi connectivity index (χ1) is 8.36. The molecule has 0 aliphatic heterocycles. The maximum Gasteiger partial charge on any atom is 0.0955 e. The van der Waals surface area contributed by atoms with Crippen molar-refractivity contribution in [1.29, 1.82) is 0 Å². The van der Waals surface area contributed by atoms with Crippen LogP contribution in [0.4, 0.5) is 0 Å². The maximum absolute atomic E-state index is 4.46. The van der Waals surface area contributed by atoms with Gasteiger partial charge in [-0.3, -0.25) is 5.10 Å². The van der Waals surface area contributed by atoms with Crippen molar-refractivity contribution in [2.75, 3.05) is 7.05 Å². The molecule has 1 aromatic carbocycles. The Morgan fingerprint density at radius 3 is 2.65 bits per heavy atom. The second-order valence-corrected chi connectivity index (χ2v) is 4.18. The van der Waals surface area contributed by atoms with Crippen LogP contribution in [0.25, 0.3) is 11.3 Å². The summed E-state index contributed by atoms with van der Waals surface area (Å²) in [7, 11) is 1.96. The molecule has 0 aliphatic rings. The van der Waals surface area contributed by atoms with E-state index in [1.807, 2.05) is 13.1 Å². The summed E-state index contributed by atoms with van der Waals surface area (Å²) in [4.78, 5) is 0. The summed E-state index contributed by atoms with van der Waals surface area (Å²) >= 11 is 0. The second-order valence-electron chi connectivity index (χ2n) is 4.18. The maximum atomic E-state index is 4.46. The summed E-state index contributed by atoms with van der Waals surface area (Å²) in [6.45, 7) is 3.04. The third-order valence-corrected chi connectivity index (χ3v) is 2.85. The Bertz CT molecular complexity index is 460. The fraction of sp³-hybridized carbons (Fsp3) is 0.357. The molecule has 0 spiro atoms. The second kappa shape index (κ2) is 5.64. The van der Waals surface area contributed by atoms with Crippen molar-refractivity contribution >= 4 is 0 Å². The normalized spacial score (nSPS) is 10.7. The lowest BCUT2D eigenvalue weighted by molar-refractivity contribution is 0.768. The van der Waals surface area contributed by atoms with Gasteiger partial charge in [0.15, 0.2) is 0 Å². The minimum atomic E-state index is 0.842. The number of aromatic nitrogens is 2. The van der Waals surface area contributed by atoms with E-state index in [-0.39, 0.29) is 0 Å². The molecule has 3 nitrogen and oxygen atoms in total. The van der Waals surface area contributed by atoms with Gasteiger partial charge in [0.05, 0.1) is 11.4 Å². The smallest absolute Gasteiger partial charge is 0.0955 e. The summed E-state index contributed by atoms with van der Waals surface area (Å²) in [5, 5.41) is 10.8. The largest absolute Gasteiger partial charge is 0.314 e. The van der Waals surface area contributed by atoms with E-state index in [4.69, 9.17) is 0 Å². The number of aromatic amines is 1. The first-order valence-corrected chi connectivity index (χ1v) is 6.13. The van der Waals surface area contributed by atoms with Crippen molar-refractivity contribution in [3.05, 3.63) is 41.6 Å². The summed E-state index contributed by atoms with van der Waals surface area (Å²) in [5.41, 5.74) is 4.83. The van der Waals surface area contributed by atoms with Gasteiger partial charge >= 0.3 is 0 Å². The third-order valence-electron chi connectivity index (χ3n) is 2.85. The molecular weight excluding hydrogens is 210 g/mol. The van der Waals surface area contributed by atoms with Gasteiger partial charge in [-0.1, -0.05) is 43.7 Å². The minimum absolute atomic E-state index is 0.842. The highest BCUT2D eigenvalue weighted by atomic mass is 15.1. The van der Waals surface area contributed by atoms with E-state index in [0.29, 0.717) is 0 Å². The van der Waals surface area contributed by atoms with E-state index >= 15 is 0 Å². The molecule has 17 heavy (non-hydrogen) atoms. The Hall–Kier alpha value is -1.61. The molecule has 0 saturated heterocycles. The number of H-pyrrole nitrogens is 1. The average Bonchev–Trinajstić information content (AvgIpc) is 2.75. The molecule has 0 aliphatic carbocycles. The molecule has 0 saturated carbocycles. The minimum Gasteiger partial charge on any atom is -0.314 e. The standard InChI is InChI=1S/C14H19N3/c1-3-7-12-13(10-15-2)16-17-14(12)11-8-5-4-6-9-11/h4-6,8-9,15H,3,7,10H2,1-2H3,(H,16,17). The van der Waals surface area contributed by atoms with Crippen LogP contribution in [0.15, 0.2) is 30.3 Å². The summed E-state index contributed by atoms with van der Waals surface area (Å²) in [5.74, 6) is 0. The number of benzene rings is 1. The van der Waals surface area contributed by atoms with Crippen LogP contribution >= 0.6 is 0 Å². The Labute approximate surface area is 102 Å². The van der Waals surface area contributed by atoms with E-state index in [1.165, 1.54) is 16.8 Å². The quantitative estimate of drug-likeness (QED) is 0.827. The van der Waals surface area contributed by atoms with Gasteiger partial charge in [0, 0.05) is 17.7 Å². The van der Waals surface area contributed by atoms with Crippen molar-refractivity contribution in [3.63, 3.8) is 0 Å². The lowest BCUT2D eigenvalue weighted by Gasteiger charge is -2.04. The predicted octanol–water partition coefficient (Wildman–Crippen LogP) is 2.75. The van der Waals surface area contributed by atoms with Crippen LogP contribution in [0.3, 0.4) is 0 Å². The van der Waals surface area contributed by atoms with Crippen molar-refractivity contribution in [1.82, 2.24) is 15.5 Å². The lowest BCUT2D eigenvalue weighted by Crippen LogP contribution is -2.07. The molecule has 0 radical (unpaired) electrons. The Morgan fingerprint density at radius 1 is 1.24 bits per heavy atom. The Kier molecular flexibility index (Phi) is 3.94. The van der Waals surface area contributed by atoms with Gasteiger partial charge in [0.1, 0.15) is 0 Å². The topological polar surface area (TPSA) is 40.7 Å². The first kappa shape index (κ1) is 11.9. The molecule has 0 amide bonds. The van der Waals surface area contributed by atoms with Gasteiger partial charge in [-0.05, 0) is 13.5 Å². The molecule has 0 fully saturated rings. The number of nitrogens with one attached hydrogen (secondary N) is 2. The van der Waals surface area contributed by atoms with Crippen LogP contribution < -0.4 is 5.32 Å². The third kappa shape index (κ3) is 2.56. The molecule has 90 valence electrons. The summed E-state index contributed by atoms with van der Waals surface area (Å²) in [6.07, 6.45) is 2.20. The predicted molar refractivity (Wildman–Crippen MR) is 70.8 cm³/mol. The van der Waals surface area contributed by atoms with Crippen LogP contribution in [0, 0.1) is 0 Å². The molecule has 1 aromatic heterocycles.